The van der Waals surface area contributed by atoms with Crippen LogP contribution >= 0.6 is 0 Å². The minimum atomic E-state index is -4.66. The molecule has 17 heavy (non-hydrogen) atoms. The second kappa shape index (κ2) is 4.71. The predicted octanol–water partition coefficient (Wildman–Crippen LogP) is 0.0354. The Labute approximate surface area is 95.2 Å². The molecule has 1 saturated heterocycles. The van der Waals surface area contributed by atoms with Gasteiger partial charge in [-0.3, -0.25) is 19.8 Å². The van der Waals surface area contributed by atoms with Crippen molar-refractivity contribution in [2.75, 3.05) is 13.1 Å². The number of amides is 2. The number of hydrogen-bond donors (Lipinski definition) is 1. The van der Waals surface area contributed by atoms with Crippen molar-refractivity contribution >= 4 is 11.8 Å². The lowest BCUT2D eigenvalue weighted by atomic mass is 10.1. The molecular weight excluding hydrogens is 239 g/mol. The zero-order chi connectivity index (χ0) is 13.2. The van der Waals surface area contributed by atoms with Crippen molar-refractivity contribution in [3.8, 4) is 6.07 Å². The molecule has 1 heterocycles. The summed E-state index contributed by atoms with van der Waals surface area (Å²) in [5.74, 6) is -3.52. The molecule has 2 atom stereocenters. The number of carbonyl (C=O) groups is 2. The van der Waals surface area contributed by atoms with Gasteiger partial charge in [-0.05, 0) is 6.92 Å². The van der Waals surface area contributed by atoms with Gasteiger partial charge in [0.15, 0.2) is 5.92 Å². The molecule has 1 rings (SSSR count). The van der Waals surface area contributed by atoms with Gasteiger partial charge in [-0.1, -0.05) is 0 Å². The highest BCUT2D eigenvalue weighted by Gasteiger charge is 2.43. The van der Waals surface area contributed by atoms with Gasteiger partial charge in [-0.2, -0.15) is 18.4 Å². The van der Waals surface area contributed by atoms with Crippen molar-refractivity contribution < 1.29 is 22.8 Å². The lowest BCUT2D eigenvalue weighted by Gasteiger charge is -2.32. The lowest BCUT2D eigenvalue weighted by molar-refractivity contribution is -0.168. The summed E-state index contributed by atoms with van der Waals surface area (Å²) in [7, 11) is 0. The number of nitrogens with one attached hydrogen (secondary N) is 1. The van der Waals surface area contributed by atoms with E-state index in [-0.39, 0.29) is 6.54 Å². The Balaban J connectivity index is 2.76. The van der Waals surface area contributed by atoms with Gasteiger partial charge in [0, 0.05) is 6.54 Å². The van der Waals surface area contributed by atoms with E-state index in [0.29, 0.717) is 0 Å². The first kappa shape index (κ1) is 13.4. The maximum Gasteiger partial charge on any atom is 0.405 e. The van der Waals surface area contributed by atoms with Crippen LogP contribution < -0.4 is 5.32 Å². The molecule has 5 nitrogen and oxygen atoms in total. The van der Waals surface area contributed by atoms with E-state index in [1.165, 1.54) is 6.92 Å². The number of piperazine rings is 1. The summed E-state index contributed by atoms with van der Waals surface area (Å²) < 4.78 is 37.1. The van der Waals surface area contributed by atoms with Crippen molar-refractivity contribution in [3.63, 3.8) is 0 Å². The number of carbonyl (C=O) groups excluding carboxylic acids is 2. The monoisotopic (exact) mass is 249 g/mol. The summed E-state index contributed by atoms with van der Waals surface area (Å²) in [6.45, 7) is 0.383. The van der Waals surface area contributed by atoms with E-state index in [0.717, 1.165) is 11.0 Å². The molecule has 0 aliphatic carbocycles. The molecule has 1 fully saturated rings. The number of rotatable bonds is 2. The highest BCUT2D eigenvalue weighted by atomic mass is 19.4. The Morgan fingerprint density at radius 1 is 1.59 bits per heavy atom. The number of halogens is 3. The average molecular weight is 249 g/mol. The molecule has 1 aliphatic rings. The maximum atomic E-state index is 12.4. The lowest BCUT2D eigenvalue weighted by Crippen LogP contribution is -2.58. The van der Waals surface area contributed by atoms with E-state index in [4.69, 9.17) is 5.26 Å². The third kappa shape index (κ3) is 3.17. The van der Waals surface area contributed by atoms with E-state index < -0.39 is 36.5 Å². The van der Waals surface area contributed by atoms with Crippen molar-refractivity contribution in [2.24, 2.45) is 5.92 Å². The van der Waals surface area contributed by atoms with Gasteiger partial charge in [0.2, 0.25) is 11.8 Å². The minimum Gasteiger partial charge on any atom is -0.294 e. The topological polar surface area (TPSA) is 73.2 Å². The number of imide groups is 1. The van der Waals surface area contributed by atoms with Gasteiger partial charge in [0.05, 0.1) is 18.7 Å². The largest absolute Gasteiger partial charge is 0.405 e. The first-order chi connectivity index (χ1) is 7.75. The van der Waals surface area contributed by atoms with Crippen LogP contribution in [-0.2, 0) is 9.59 Å². The summed E-state index contributed by atoms with van der Waals surface area (Å²) in [5.41, 5.74) is 0. The van der Waals surface area contributed by atoms with Crippen LogP contribution in [-0.4, -0.2) is 42.0 Å². The second-order valence-corrected chi connectivity index (χ2v) is 3.74. The third-order valence-electron chi connectivity index (χ3n) is 2.50. The number of nitriles is 1. The van der Waals surface area contributed by atoms with Crippen LogP contribution in [0.25, 0.3) is 0 Å². The summed E-state index contributed by atoms with van der Waals surface area (Å²) in [6, 6.07) is 0.274. The molecule has 0 saturated carbocycles. The molecule has 0 spiro atoms. The van der Waals surface area contributed by atoms with Crippen LogP contribution in [0, 0.1) is 17.2 Å². The summed E-state index contributed by atoms with van der Waals surface area (Å²) >= 11 is 0. The average Bonchev–Trinajstić information content (AvgIpc) is 2.19. The fourth-order valence-corrected chi connectivity index (χ4v) is 1.44. The normalized spacial score (nSPS) is 24.1. The smallest absolute Gasteiger partial charge is 0.294 e. The van der Waals surface area contributed by atoms with E-state index >= 15 is 0 Å². The van der Waals surface area contributed by atoms with Crippen LogP contribution in [0.1, 0.15) is 6.92 Å². The van der Waals surface area contributed by atoms with Crippen LogP contribution in [0.3, 0.4) is 0 Å². The van der Waals surface area contributed by atoms with E-state index in [2.05, 4.69) is 0 Å². The molecular formula is C9H10F3N3O2. The van der Waals surface area contributed by atoms with E-state index in [9.17, 15) is 22.8 Å². The van der Waals surface area contributed by atoms with E-state index in [1.807, 2.05) is 5.32 Å². The quantitative estimate of drug-likeness (QED) is 0.701. The van der Waals surface area contributed by atoms with Crippen LogP contribution in [0.2, 0.25) is 0 Å². The van der Waals surface area contributed by atoms with Crippen molar-refractivity contribution in [2.45, 2.75) is 19.1 Å². The summed E-state index contributed by atoms with van der Waals surface area (Å²) in [6.07, 6.45) is -4.66. The van der Waals surface area contributed by atoms with E-state index in [1.54, 1.807) is 0 Å². The molecule has 94 valence electrons. The fraction of sp³-hybridized carbons (Fsp3) is 0.667. The van der Waals surface area contributed by atoms with Gasteiger partial charge in [0.1, 0.15) is 0 Å². The number of hydrogen-bond acceptors (Lipinski definition) is 4. The minimum absolute atomic E-state index is 0.318. The Hall–Kier alpha value is -1.62. The highest BCUT2D eigenvalue weighted by Crippen LogP contribution is 2.27. The Kier molecular flexibility index (Phi) is 3.72. The van der Waals surface area contributed by atoms with Crippen LogP contribution in [0.15, 0.2) is 0 Å². The number of nitrogens with zero attached hydrogens (tertiary/aromatic N) is 2. The standard InChI is InChI=1S/C9H10F3N3O2/c1-5-8(17)14-7(16)4-15(5)3-6(2-13)9(10,11)12/h5-6H,3-4H2,1H3,(H,14,16,17). The Morgan fingerprint density at radius 3 is 2.65 bits per heavy atom. The van der Waals surface area contributed by atoms with Crippen LogP contribution in [0.5, 0.6) is 0 Å². The van der Waals surface area contributed by atoms with Gasteiger partial charge < -0.3 is 0 Å². The van der Waals surface area contributed by atoms with Crippen molar-refractivity contribution in [1.29, 1.82) is 5.26 Å². The molecule has 8 heteroatoms. The van der Waals surface area contributed by atoms with Gasteiger partial charge >= 0.3 is 6.18 Å². The zero-order valence-electron chi connectivity index (χ0n) is 8.91. The molecule has 1 N–H and O–H groups in total. The van der Waals surface area contributed by atoms with Crippen LogP contribution in [0.4, 0.5) is 13.2 Å². The molecule has 0 aromatic rings. The highest BCUT2D eigenvalue weighted by molar-refractivity contribution is 6.00. The first-order valence-electron chi connectivity index (χ1n) is 4.79. The molecule has 2 amide bonds. The number of alkyl halides is 3. The van der Waals surface area contributed by atoms with Gasteiger partial charge in [-0.25, -0.2) is 0 Å². The van der Waals surface area contributed by atoms with Gasteiger partial charge in [0.25, 0.3) is 0 Å². The second-order valence-electron chi connectivity index (χ2n) is 3.74. The van der Waals surface area contributed by atoms with Gasteiger partial charge in [-0.15, -0.1) is 0 Å². The predicted molar refractivity (Wildman–Crippen MR) is 49.3 cm³/mol. The molecule has 0 bridgehead atoms. The maximum absolute atomic E-state index is 12.4. The summed E-state index contributed by atoms with van der Waals surface area (Å²) in [4.78, 5) is 23.3. The molecule has 0 radical (unpaired) electrons. The fourth-order valence-electron chi connectivity index (χ4n) is 1.44. The SMILES string of the molecule is CC1C(=O)NC(=O)CN1CC(C#N)C(F)(F)F. The Bertz CT molecular complexity index is 375. The van der Waals surface area contributed by atoms with Crippen molar-refractivity contribution in [3.05, 3.63) is 0 Å². The third-order valence-corrected chi connectivity index (χ3v) is 2.50. The molecule has 1 aliphatic heterocycles. The molecule has 0 aromatic carbocycles. The Morgan fingerprint density at radius 2 is 2.18 bits per heavy atom. The first-order valence-corrected chi connectivity index (χ1v) is 4.79. The molecule has 0 aromatic heterocycles. The van der Waals surface area contributed by atoms with Crippen molar-refractivity contribution in [1.82, 2.24) is 10.2 Å². The molecule has 2 unspecified atom stereocenters. The summed E-state index contributed by atoms with van der Waals surface area (Å²) in [5, 5.41) is 10.4. The zero-order valence-corrected chi connectivity index (χ0v) is 8.91.